The molecule has 0 spiro atoms. The van der Waals surface area contributed by atoms with Gasteiger partial charge in [0.25, 0.3) is 5.91 Å². The zero-order valence-electron chi connectivity index (χ0n) is 14.7. The van der Waals surface area contributed by atoms with E-state index in [2.05, 4.69) is 0 Å². The second-order valence-electron chi connectivity index (χ2n) is 6.31. The summed E-state index contributed by atoms with van der Waals surface area (Å²) in [6, 6.07) is 11.8. The normalized spacial score (nSPS) is 15.4. The summed E-state index contributed by atoms with van der Waals surface area (Å²) in [5, 5.41) is 9.25. The lowest BCUT2D eigenvalue weighted by Gasteiger charge is -2.34. The fourth-order valence-electron chi connectivity index (χ4n) is 3.00. The first kappa shape index (κ1) is 19.0. The van der Waals surface area contributed by atoms with Gasteiger partial charge in [-0.3, -0.25) is 4.79 Å². The minimum atomic E-state index is -3.82. The average Bonchev–Trinajstić information content (AvgIpc) is 2.67. The fraction of sp³-hybridized carbons (Fsp3) is 0.263. The number of piperazine rings is 1. The monoisotopic (exact) mass is 387 g/mol. The van der Waals surface area contributed by atoms with E-state index in [-0.39, 0.29) is 42.5 Å². The summed E-state index contributed by atoms with van der Waals surface area (Å²) < 4.78 is 40.1. The van der Waals surface area contributed by atoms with Gasteiger partial charge in [-0.05, 0) is 48.9 Å². The van der Waals surface area contributed by atoms with Crippen molar-refractivity contribution in [3.05, 3.63) is 65.0 Å². The van der Waals surface area contributed by atoms with Gasteiger partial charge >= 0.3 is 0 Å². The van der Waals surface area contributed by atoms with Gasteiger partial charge in [-0.25, -0.2) is 12.8 Å². The first-order valence-corrected chi connectivity index (χ1v) is 9.82. The Labute approximate surface area is 157 Å². The van der Waals surface area contributed by atoms with Crippen LogP contribution in [0.3, 0.4) is 0 Å². The minimum Gasteiger partial charge on any atom is -0.336 e. The number of carbonyl (C=O) groups excluding carboxylic acids is 1. The molecule has 3 rings (SSSR count). The lowest BCUT2D eigenvalue weighted by molar-refractivity contribution is 0.0698. The van der Waals surface area contributed by atoms with Crippen LogP contribution >= 0.6 is 0 Å². The SMILES string of the molecule is Cc1ccc(S(=O)(=O)N2CCN(C(=O)c3ccc(F)cc3)CC2)c(C#N)c1. The third kappa shape index (κ3) is 3.84. The third-order valence-electron chi connectivity index (χ3n) is 4.49. The summed E-state index contributed by atoms with van der Waals surface area (Å²) in [6.07, 6.45) is 0. The molecule has 1 saturated heterocycles. The number of halogens is 1. The van der Waals surface area contributed by atoms with Crippen LogP contribution in [-0.2, 0) is 10.0 Å². The van der Waals surface area contributed by atoms with Crippen LogP contribution < -0.4 is 0 Å². The molecular formula is C19H18FN3O3S. The minimum absolute atomic E-state index is 0.0195. The Balaban J connectivity index is 1.74. The zero-order chi connectivity index (χ0) is 19.6. The van der Waals surface area contributed by atoms with E-state index >= 15 is 0 Å². The van der Waals surface area contributed by atoms with Crippen LogP contribution in [-0.4, -0.2) is 49.7 Å². The largest absolute Gasteiger partial charge is 0.336 e. The summed E-state index contributed by atoms with van der Waals surface area (Å²) in [4.78, 5) is 14.0. The lowest BCUT2D eigenvalue weighted by atomic mass is 10.2. The first-order chi connectivity index (χ1) is 12.8. The van der Waals surface area contributed by atoms with Crippen molar-refractivity contribution in [3.8, 4) is 6.07 Å². The molecule has 27 heavy (non-hydrogen) atoms. The number of hydrogen-bond acceptors (Lipinski definition) is 4. The van der Waals surface area contributed by atoms with E-state index in [0.717, 1.165) is 5.56 Å². The average molecular weight is 387 g/mol. The van der Waals surface area contributed by atoms with Crippen molar-refractivity contribution in [1.82, 2.24) is 9.21 Å². The van der Waals surface area contributed by atoms with Gasteiger partial charge in [-0.15, -0.1) is 0 Å². The number of nitriles is 1. The highest BCUT2D eigenvalue weighted by atomic mass is 32.2. The van der Waals surface area contributed by atoms with Crippen molar-refractivity contribution in [3.63, 3.8) is 0 Å². The van der Waals surface area contributed by atoms with Gasteiger partial charge in [0.2, 0.25) is 10.0 Å². The van der Waals surface area contributed by atoms with Crippen LogP contribution in [0.1, 0.15) is 21.5 Å². The number of rotatable bonds is 3. The molecule has 8 heteroatoms. The molecule has 0 saturated carbocycles. The van der Waals surface area contributed by atoms with Gasteiger partial charge in [-0.1, -0.05) is 6.07 Å². The van der Waals surface area contributed by atoms with Gasteiger partial charge < -0.3 is 4.90 Å². The maximum Gasteiger partial charge on any atom is 0.253 e. The van der Waals surface area contributed by atoms with Crippen LogP contribution in [0.15, 0.2) is 47.4 Å². The molecule has 0 atom stereocenters. The summed E-state index contributed by atoms with van der Waals surface area (Å²) >= 11 is 0. The molecule has 140 valence electrons. The quantitative estimate of drug-likeness (QED) is 0.808. The van der Waals surface area contributed by atoms with Crippen molar-refractivity contribution in [2.45, 2.75) is 11.8 Å². The van der Waals surface area contributed by atoms with E-state index in [4.69, 9.17) is 0 Å². The Morgan fingerprint density at radius 1 is 1.07 bits per heavy atom. The molecule has 0 N–H and O–H groups in total. The Morgan fingerprint density at radius 3 is 2.30 bits per heavy atom. The highest BCUT2D eigenvalue weighted by molar-refractivity contribution is 7.89. The van der Waals surface area contributed by atoms with E-state index in [1.807, 2.05) is 6.07 Å². The number of hydrogen-bond donors (Lipinski definition) is 0. The summed E-state index contributed by atoms with van der Waals surface area (Å²) in [7, 11) is -3.82. The highest BCUT2D eigenvalue weighted by Gasteiger charge is 2.32. The Kier molecular flexibility index (Phi) is 5.26. The third-order valence-corrected chi connectivity index (χ3v) is 6.45. The number of carbonyl (C=O) groups is 1. The molecule has 2 aromatic rings. The highest BCUT2D eigenvalue weighted by Crippen LogP contribution is 2.22. The fourth-order valence-corrected chi connectivity index (χ4v) is 4.55. The number of sulfonamides is 1. The van der Waals surface area contributed by atoms with Crippen LogP contribution in [0.25, 0.3) is 0 Å². The van der Waals surface area contributed by atoms with Crippen molar-refractivity contribution in [2.75, 3.05) is 26.2 Å². The molecule has 0 bridgehead atoms. The van der Waals surface area contributed by atoms with Gasteiger partial charge in [0.15, 0.2) is 0 Å². The lowest BCUT2D eigenvalue weighted by Crippen LogP contribution is -2.50. The van der Waals surface area contributed by atoms with Gasteiger partial charge in [-0.2, -0.15) is 9.57 Å². The van der Waals surface area contributed by atoms with Crippen molar-refractivity contribution < 1.29 is 17.6 Å². The number of aryl methyl sites for hydroxylation is 1. The number of nitrogens with zero attached hydrogens (tertiary/aromatic N) is 3. The van der Waals surface area contributed by atoms with Crippen LogP contribution in [0.4, 0.5) is 4.39 Å². The van der Waals surface area contributed by atoms with Crippen molar-refractivity contribution >= 4 is 15.9 Å². The summed E-state index contributed by atoms with van der Waals surface area (Å²) in [5.41, 5.74) is 1.28. The molecular weight excluding hydrogens is 369 g/mol. The number of benzene rings is 2. The van der Waals surface area contributed by atoms with E-state index < -0.39 is 15.8 Å². The molecule has 1 fully saturated rings. The first-order valence-electron chi connectivity index (χ1n) is 8.38. The molecule has 0 radical (unpaired) electrons. The van der Waals surface area contributed by atoms with Gasteiger partial charge in [0.05, 0.1) is 10.5 Å². The standard InChI is InChI=1S/C19H18FN3O3S/c1-14-2-7-18(16(12-14)13-21)27(25,26)23-10-8-22(9-11-23)19(24)15-3-5-17(20)6-4-15/h2-7,12H,8-11H2,1H3. The number of amides is 1. The predicted octanol–water partition coefficient (Wildman–Crippen LogP) is 2.15. The van der Waals surface area contributed by atoms with Crippen molar-refractivity contribution in [1.29, 1.82) is 5.26 Å². The van der Waals surface area contributed by atoms with Crippen molar-refractivity contribution in [2.24, 2.45) is 0 Å². The molecule has 6 nitrogen and oxygen atoms in total. The van der Waals surface area contributed by atoms with Gasteiger partial charge in [0, 0.05) is 31.7 Å². The van der Waals surface area contributed by atoms with Crippen LogP contribution in [0.2, 0.25) is 0 Å². The van der Waals surface area contributed by atoms with E-state index in [1.54, 1.807) is 24.0 Å². The smallest absolute Gasteiger partial charge is 0.253 e. The molecule has 1 aliphatic rings. The van der Waals surface area contributed by atoms with E-state index in [1.165, 1.54) is 34.6 Å². The van der Waals surface area contributed by atoms with Gasteiger partial charge in [0.1, 0.15) is 11.9 Å². The maximum atomic E-state index is 13.0. The Hall–Kier alpha value is -2.76. The molecule has 1 aliphatic heterocycles. The molecule has 0 aliphatic carbocycles. The van der Waals surface area contributed by atoms with Crippen LogP contribution in [0.5, 0.6) is 0 Å². The Bertz CT molecular complexity index is 1010. The molecule has 1 amide bonds. The molecule has 0 unspecified atom stereocenters. The van der Waals surface area contributed by atoms with E-state index in [9.17, 15) is 22.9 Å². The summed E-state index contributed by atoms with van der Waals surface area (Å²) in [5.74, 6) is -0.686. The second-order valence-corrected chi connectivity index (χ2v) is 8.22. The molecule has 1 heterocycles. The van der Waals surface area contributed by atoms with E-state index in [0.29, 0.717) is 5.56 Å². The predicted molar refractivity (Wildman–Crippen MR) is 97.0 cm³/mol. The molecule has 2 aromatic carbocycles. The zero-order valence-corrected chi connectivity index (χ0v) is 15.5. The molecule has 0 aromatic heterocycles. The van der Waals surface area contributed by atoms with Crippen LogP contribution in [0, 0.1) is 24.1 Å². The second kappa shape index (κ2) is 7.47. The maximum absolute atomic E-state index is 13.0. The topological polar surface area (TPSA) is 81.5 Å². The summed E-state index contributed by atoms with van der Waals surface area (Å²) in [6.45, 7) is 2.51. The Morgan fingerprint density at radius 2 is 1.70 bits per heavy atom.